The monoisotopic (exact) mass is 318 g/mol. The molecule has 20 heavy (non-hydrogen) atoms. The lowest BCUT2D eigenvalue weighted by atomic mass is 10.2. The van der Waals surface area contributed by atoms with Crippen molar-refractivity contribution in [3.8, 4) is 0 Å². The van der Waals surface area contributed by atoms with Crippen molar-refractivity contribution in [2.45, 2.75) is 50.3 Å². The highest BCUT2D eigenvalue weighted by Crippen LogP contribution is 2.21. The highest BCUT2D eigenvalue weighted by atomic mass is 32.2. The van der Waals surface area contributed by atoms with E-state index in [1.807, 2.05) is 6.92 Å². The smallest absolute Gasteiger partial charge is 0.241 e. The van der Waals surface area contributed by atoms with Crippen molar-refractivity contribution in [2.24, 2.45) is 0 Å². The second-order valence-electron chi connectivity index (χ2n) is 5.02. The Bertz CT molecular complexity index is 527. The summed E-state index contributed by atoms with van der Waals surface area (Å²) in [4.78, 5) is 1.39. The Morgan fingerprint density at radius 3 is 2.95 bits per heavy atom. The summed E-state index contributed by atoms with van der Waals surface area (Å²) < 4.78 is 32.7. The number of nitrogens with one attached hydrogen (secondary N) is 2. The third-order valence-corrected chi connectivity index (χ3v) is 5.90. The van der Waals surface area contributed by atoms with Crippen molar-refractivity contribution in [1.82, 2.24) is 10.0 Å². The van der Waals surface area contributed by atoms with Gasteiger partial charge in [0, 0.05) is 23.4 Å². The second kappa shape index (κ2) is 7.00. The summed E-state index contributed by atoms with van der Waals surface area (Å²) in [5.74, 6) is 0. The molecule has 1 fully saturated rings. The predicted molar refractivity (Wildman–Crippen MR) is 80.5 cm³/mol. The van der Waals surface area contributed by atoms with E-state index in [9.17, 15) is 8.42 Å². The highest BCUT2D eigenvalue weighted by molar-refractivity contribution is 7.89. The molecule has 0 aromatic carbocycles. The van der Waals surface area contributed by atoms with E-state index >= 15 is 0 Å². The largest absolute Gasteiger partial charge is 0.377 e. The number of ether oxygens (including phenoxy) is 1. The van der Waals surface area contributed by atoms with Gasteiger partial charge in [-0.2, -0.15) is 0 Å². The van der Waals surface area contributed by atoms with Gasteiger partial charge in [-0.15, -0.1) is 11.3 Å². The minimum absolute atomic E-state index is 0.0610. The van der Waals surface area contributed by atoms with E-state index in [0.717, 1.165) is 30.8 Å². The first-order chi connectivity index (χ1) is 9.53. The maximum absolute atomic E-state index is 12.3. The van der Waals surface area contributed by atoms with Gasteiger partial charge in [-0.1, -0.05) is 6.92 Å². The van der Waals surface area contributed by atoms with Crippen LogP contribution in [0.3, 0.4) is 0 Å². The van der Waals surface area contributed by atoms with Crippen molar-refractivity contribution in [2.75, 3.05) is 13.2 Å². The van der Waals surface area contributed by atoms with Gasteiger partial charge in [0.15, 0.2) is 0 Å². The van der Waals surface area contributed by atoms with E-state index in [-0.39, 0.29) is 12.1 Å². The van der Waals surface area contributed by atoms with E-state index in [1.165, 1.54) is 11.3 Å². The first kappa shape index (κ1) is 15.9. The summed E-state index contributed by atoms with van der Waals surface area (Å²) >= 11 is 1.47. The van der Waals surface area contributed by atoms with Crippen molar-refractivity contribution >= 4 is 21.4 Å². The molecule has 2 atom stereocenters. The SMILES string of the molecule is CCCNCc1cc(S(=O)(=O)NC2CCOC2C)cs1. The number of hydrogen-bond acceptors (Lipinski definition) is 5. The van der Waals surface area contributed by atoms with Crippen LogP contribution in [0.15, 0.2) is 16.3 Å². The zero-order chi connectivity index (χ0) is 14.6. The van der Waals surface area contributed by atoms with Gasteiger partial charge in [0.25, 0.3) is 0 Å². The number of rotatable bonds is 7. The summed E-state index contributed by atoms with van der Waals surface area (Å²) in [6, 6.07) is 1.62. The average molecular weight is 318 g/mol. The first-order valence-corrected chi connectivity index (χ1v) is 9.31. The maximum atomic E-state index is 12.3. The molecule has 2 unspecified atom stereocenters. The van der Waals surface area contributed by atoms with Crippen molar-refractivity contribution in [3.63, 3.8) is 0 Å². The number of hydrogen-bond donors (Lipinski definition) is 2. The van der Waals surface area contributed by atoms with Crippen LogP contribution in [0.4, 0.5) is 0 Å². The second-order valence-corrected chi connectivity index (χ2v) is 7.73. The zero-order valence-electron chi connectivity index (χ0n) is 11.9. The van der Waals surface area contributed by atoms with E-state index in [4.69, 9.17) is 4.74 Å². The third-order valence-electron chi connectivity index (χ3n) is 3.35. The molecule has 1 aromatic rings. The topological polar surface area (TPSA) is 67.4 Å². The quantitative estimate of drug-likeness (QED) is 0.751. The van der Waals surface area contributed by atoms with Crippen LogP contribution in [0.1, 0.15) is 31.6 Å². The molecular formula is C13H22N2O3S2. The molecule has 2 rings (SSSR count). The summed E-state index contributed by atoms with van der Waals surface area (Å²) in [5.41, 5.74) is 0. The molecular weight excluding hydrogens is 296 g/mol. The summed E-state index contributed by atoms with van der Waals surface area (Å²) in [5, 5.41) is 4.97. The van der Waals surface area contributed by atoms with Crippen LogP contribution >= 0.6 is 11.3 Å². The van der Waals surface area contributed by atoms with Crippen molar-refractivity contribution < 1.29 is 13.2 Å². The molecule has 0 saturated carbocycles. The molecule has 1 aromatic heterocycles. The standard InChI is InChI=1S/C13H22N2O3S2/c1-3-5-14-8-11-7-12(9-19-11)20(16,17)15-13-4-6-18-10(13)2/h7,9-10,13-15H,3-6,8H2,1-2H3. The Labute approximate surface area is 124 Å². The summed E-state index contributed by atoms with van der Waals surface area (Å²) in [6.45, 7) is 6.27. The van der Waals surface area contributed by atoms with Gasteiger partial charge in [0.1, 0.15) is 0 Å². The molecule has 0 spiro atoms. The Kier molecular flexibility index (Phi) is 5.57. The zero-order valence-corrected chi connectivity index (χ0v) is 13.5. The van der Waals surface area contributed by atoms with Crippen molar-refractivity contribution in [3.05, 3.63) is 16.3 Å². The van der Waals surface area contributed by atoms with Crippen LogP contribution < -0.4 is 10.0 Å². The molecule has 0 radical (unpaired) electrons. The number of thiophene rings is 1. The number of sulfonamides is 1. The molecule has 0 bridgehead atoms. The molecule has 1 saturated heterocycles. The van der Waals surface area contributed by atoms with Crippen LogP contribution in [0.2, 0.25) is 0 Å². The van der Waals surface area contributed by atoms with Crippen LogP contribution in [0.5, 0.6) is 0 Å². The van der Waals surface area contributed by atoms with Gasteiger partial charge >= 0.3 is 0 Å². The summed E-state index contributed by atoms with van der Waals surface area (Å²) in [7, 11) is -3.43. The van der Waals surface area contributed by atoms with Crippen LogP contribution in [0.25, 0.3) is 0 Å². The predicted octanol–water partition coefficient (Wildman–Crippen LogP) is 1.70. The molecule has 114 valence electrons. The fourth-order valence-corrected chi connectivity index (χ4v) is 4.72. The van der Waals surface area contributed by atoms with Crippen LogP contribution in [-0.2, 0) is 21.3 Å². The van der Waals surface area contributed by atoms with Crippen LogP contribution in [-0.4, -0.2) is 33.7 Å². The van der Waals surface area contributed by atoms with E-state index < -0.39 is 10.0 Å². The van der Waals surface area contributed by atoms with Gasteiger partial charge in [0.05, 0.1) is 17.0 Å². The van der Waals surface area contributed by atoms with E-state index in [0.29, 0.717) is 11.5 Å². The van der Waals surface area contributed by atoms with Crippen molar-refractivity contribution in [1.29, 1.82) is 0 Å². The van der Waals surface area contributed by atoms with Gasteiger partial charge in [-0.25, -0.2) is 13.1 Å². The van der Waals surface area contributed by atoms with Gasteiger partial charge in [-0.3, -0.25) is 0 Å². The molecule has 5 nitrogen and oxygen atoms in total. The Morgan fingerprint density at radius 2 is 2.30 bits per heavy atom. The van der Waals surface area contributed by atoms with Gasteiger partial charge in [-0.05, 0) is 32.4 Å². The normalized spacial score (nSPS) is 23.3. The fraction of sp³-hybridized carbons (Fsp3) is 0.692. The van der Waals surface area contributed by atoms with E-state index in [2.05, 4.69) is 17.0 Å². The Hall–Kier alpha value is -0.470. The lowest BCUT2D eigenvalue weighted by Crippen LogP contribution is -2.38. The van der Waals surface area contributed by atoms with Gasteiger partial charge < -0.3 is 10.1 Å². The molecule has 2 heterocycles. The molecule has 1 aliphatic rings. The lowest BCUT2D eigenvalue weighted by Gasteiger charge is -2.15. The lowest BCUT2D eigenvalue weighted by molar-refractivity contribution is 0.117. The Morgan fingerprint density at radius 1 is 1.50 bits per heavy atom. The van der Waals surface area contributed by atoms with Crippen LogP contribution in [0, 0.1) is 0 Å². The minimum atomic E-state index is -3.43. The average Bonchev–Trinajstić information content (AvgIpc) is 3.00. The molecule has 7 heteroatoms. The molecule has 0 aliphatic carbocycles. The first-order valence-electron chi connectivity index (χ1n) is 6.95. The minimum Gasteiger partial charge on any atom is -0.377 e. The third kappa shape index (κ3) is 4.02. The maximum Gasteiger partial charge on any atom is 0.241 e. The molecule has 1 aliphatic heterocycles. The fourth-order valence-electron chi connectivity index (χ4n) is 2.14. The Balaban J connectivity index is 1.98. The van der Waals surface area contributed by atoms with Gasteiger partial charge in [0.2, 0.25) is 10.0 Å². The summed E-state index contributed by atoms with van der Waals surface area (Å²) in [6.07, 6.45) is 1.74. The highest BCUT2D eigenvalue weighted by Gasteiger charge is 2.29. The van der Waals surface area contributed by atoms with E-state index in [1.54, 1.807) is 11.4 Å². The molecule has 0 amide bonds. The molecule has 2 N–H and O–H groups in total.